The molecule has 0 spiro atoms. The number of rotatable bonds is 3. The Labute approximate surface area is 151 Å². The smallest absolute Gasteiger partial charge is 0.295 e. The first-order chi connectivity index (χ1) is 12.0. The van der Waals surface area contributed by atoms with Gasteiger partial charge < -0.3 is 0 Å². The van der Waals surface area contributed by atoms with E-state index in [0.717, 1.165) is 5.52 Å². The normalized spacial score (nSPS) is 10.6. The van der Waals surface area contributed by atoms with Crippen molar-refractivity contribution in [1.82, 2.24) is 20.0 Å². The van der Waals surface area contributed by atoms with Crippen LogP contribution < -0.4 is 16.5 Å². The van der Waals surface area contributed by atoms with Crippen LogP contribution in [0, 0.1) is 0 Å². The fourth-order valence-electron chi connectivity index (χ4n) is 2.54. The van der Waals surface area contributed by atoms with E-state index in [9.17, 15) is 14.4 Å². The van der Waals surface area contributed by atoms with Crippen LogP contribution in [-0.4, -0.2) is 20.9 Å². The predicted octanol–water partition coefficient (Wildman–Crippen LogP) is 1.56. The summed E-state index contributed by atoms with van der Waals surface area (Å²) in [6, 6.07) is 14.1. The lowest BCUT2D eigenvalue weighted by molar-refractivity contribution is -0.122. The third-order valence-corrected chi connectivity index (χ3v) is 4.48. The van der Waals surface area contributed by atoms with Gasteiger partial charge in [-0.1, -0.05) is 24.3 Å². The lowest BCUT2D eigenvalue weighted by Gasteiger charge is -2.09. The highest BCUT2D eigenvalue weighted by Crippen LogP contribution is 2.15. The Morgan fingerprint density at radius 3 is 2.36 bits per heavy atom. The minimum atomic E-state index is -0.501. The Hall–Kier alpha value is -2.87. The van der Waals surface area contributed by atoms with Crippen molar-refractivity contribution in [1.29, 1.82) is 0 Å². The summed E-state index contributed by atoms with van der Waals surface area (Å²) in [5.41, 5.74) is 6.16. The van der Waals surface area contributed by atoms with Crippen molar-refractivity contribution in [2.75, 3.05) is 0 Å². The summed E-state index contributed by atoms with van der Waals surface area (Å²) in [7, 11) is 1.65. The summed E-state index contributed by atoms with van der Waals surface area (Å²) in [6.45, 7) is -0.198. The SMILES string of the molecule is Cn1c(=O)n(CC(=O)NNC(=O)c2ccccc2Br)c2ccccc21. The fourth-order valence-corrected chi connectivity index (χ4v) is 3.00. The molecule has 0 fully saturated rings. The van der Waals surface area contributed by atoms with Gasteiger partial charge in [-0.3, -0.25) is 29.6 Å². The maximum Gasteiger partial charge on any atom is 0.329 e. The summed E-state index contributed by atoms with van der Waals surface area (Å²) in [5.74, 6) is -0.954. The molecule has 0 aliphatic carbocycles. The van der Waals surface area contributed by atoms with Crippen LogP contribution in [0.5, 0.6) is 0 Å². The first-order valence-corrected chi connectivity index (χ1v) is 8.26. The van der Waals surface area contributed by atoms with Gasteiger partial charge in [0.05, 0.1) is 16.6 Å². The number of hydrogen-bond donors (Lipinski definition) is 2. The number of aryl methyl sites for hydroxylation is 1. The molecule has 25 heavy (non-hydrogen) atoms. The van der Waals surface area contributed by atoms with Crippen molar-refractivity contribution in [3.05, 3.63) is 69.1 Å². The van der Waals surface area contributed by atoms with Crippen LogP contribution in [0.25, 0.3) is 11.0 Å². The molecule has 8 heteroatoms. The Morgan fingerprint density at radius 2 is 1.64 bits per heavy atom. The standard InChI is InChI=1S/C17H15BrN4O3/c1-21-13-8-4-5-9-14(13)22(17(21)25)10-15(23)19-20-16(24)11-6-2-3-7-12(11)18/h2-9H,10H2,1H3,(H,19,23)(H,20,24). The van der Waals surface area contributed by atoms with Crippen LogP contribution >= 0.6 is 15.9 Å². The number of nitrogens with one attached hydrogen (secondary N) is 2. The molecule has 3 rings (SSSR count). The van der Waals surface area contributed by atoms with Gasteiger partial charge in [-0.25, -0.2) is 4.79 Å². The average molecular weight is 403 g/mol. The van der Waals surface area contributed by atoms with E-state index in [2.05, 4.69) is 26.8 Å². The van der Waals surface area contributed by atoms with Crippen molar-refractivity contribution < 1.29 is 9.59 Å². The van der Waals surface area contributed by atoms with Crippen LogP contribution in [0.1, 0.15) is 10.4 Å². The Balaban J connectivity index is 1.72. The monoisotopic (exact) mass is 402 g/mol. The molecule has 0 unspecified atom stereocenters. The van der Waals surface area contributed by atoms with Crippen molar-refractivity contribution >= 4 is 38.8 Å². The summed E-state index contributed by atoms with van der Waals surface area (Å²) in [5, 5.41) is 0. The van der Waals surface area contributed by atoms with Gasteiger partial charge in [0.1, 0.15) is 6.54 Å². The van der Waals surface area contributed by atoms with Crippen LogP contribution in [-0.2, 0) is 18.4 Å². The van der Waals surface area contributed by atoms with E-state index in [4.69, 9.17) is 0 Å². The molecule has 1 aromatic heterocycles. The molecule has 0 saturated carbocycles. The van der Waals surface area contributed by atoms with Gasteiger partial charge in [0.15, 0.2) is 0 Å². The zero-order valence-electron chi connectivity index (χ0n) is 13.3. The van der Waals surface area contributed by atoms with Crippen LogP contribution in [0.15, 0.2) is 57.8 Å². The highest BCUT2D eigenvalue weighted by Gasteiger charge is 2.14. The quantitative estimate of drug-likeness (QED) is 0.651. The number of amides is 2. The fraction of sp³-hybridized carbons (Fsp3) is 0.118. The number of benzene rings is 2. The maximum absolute atomic E-state index is 12.3. The summed E-state index contributed by atoms with van der Waals surface area (Å²) in [4.78, 5) is 36.5. The number of fused-ring (bicyclic) bond motifs is 1. The molecule has 2 aromatic carbocycles. The first kappa shape index (κ1) is 17.0. The number of halogens is 1. The van der Waals surface area contributed by atoms with Gasteiger partial charge in [0, 0.05) is 11.5 Å². The van der Waals surface area contributed by atoms with Crippen molar-refractivity contribution in [3.63, 3.8) is 0 Å². The lowest BCUT2D eigenvalue weighted by atomic mass is 10.2. The molecule has 0 aliphatic heterocycles. The molecule has 0 radical (unpaired) electrons. The second kappa shape index (κ2) is 6.94. The molecule has 0 saturated heterocycles. The van der Waals surface area contributed by atoms with Gasteiger partial charge in [0.2, 0.25) is 0 Å². The molecule has 0 bridgehead atoms. The zero-order chi connectivity index (χ0) is 18.0. The molecular weight excluding hydrogens is 388 g/mol. The molecule has 128 valence electrons. The average Bonchev–Trinajstić information content (AvgIpc) is 2.85. The number of imidazole rings is 1. The molecule has 2 amide bonds. The van der Waals surface area contributed by atoms with E-state index in [1.807, 2.05) is 6.07 Å². The maximum atomic E-state index is 12.3. The van der Waals surface area contributed by atoms with Crippen LogP contribution in [0.4, 0.5) is 0 Å². The molecule has 1 heterocycles. The number of aromatic nitrogens is 2. The third kappa shape index (κ3) is 3.34. The first-order valence-electron chi connectivity index (χ1n) is 7.47. The van der Waals surface area contributed by atoms with Gasteiger partial charge in [-0.2, -0.15) is 0 Å². The van der Waals surface area contributed by atoms with E-state index in [-0.39, 0.29) is 12.2 Å². The van der Waals surface area contributed by atoms with E-state index in [1.54, 1.807) is 49.5 Å². The third-order valence-electron chi connectivity index (χ3n) is 3.79. The van der Waals surface area contributed by atoms with Crippen LogP contribution in [0.2, 0.25) is 0 Å². The molecule has 3 aromatic rings. The van der Waals surface area contributed by atoms with E-state index in [0.29, 0.717) is 15.6 Å². The number of hydrazine groups is 1. The van der Waals surface area contributed by atoms with Gasteiger partial charge >= 0.3 is 5.69 Å². The topological polar surface area (TPSA) is 85.1 Å². The molecule has 2 N–H and O–H groups in total. The highest BCUT2D eigenvalue weighted by molar-refractivity contribution is 9.10. The number of carbonyl (C=O) groups is 2. The summed E-state index contributed by atoms with van der Waals surface area (Å²) in [6.07, 6.45) is 0. The van der Waals surface area contributed by atoms with Crippen LogP contribution in [0.3, 0.4) is 0 Å². The predicted molar refractivity (Wildman–Crippen MR) is 96.9 cm³/mol. The van der Waals surface area contributed by atoms with E-state index in [1.165, 1.54) is 9.13 Å². The van der Waals surface area contributed by atoms with Crippen molar-refractivity contribution in [2.45, 2.75) is 6.54 Å². The van der Waals surface area contributed by atoms with Crippen molar-refractivity contribution in [3.8, 4) is 0 Å². The van der Waals surface area contributed by atoms with Gasteiger partial charge in [0.25, 0.3) is 11.8 Å². The number of hydrogen-bond acceptors (Lipinski definition) is 3. The summed E-state index contributed by atoms with van der Waals surface area (Å²) < 4.78 is 3.45. The lowest BCUT2D eigenvalue weighted by Crippen LogP contribution is -2.44. The van der Waals surface area contributed by atoms with E-state index >= 15 is 0 Å². The van der Waals surface area contributed by atoms with Gasteiger partial charge in [-0.05, 0) is 40.2 Å². The number of para-hydroxylation sites is 2. The summed E-state index contributed by atoms with van der Waals surface area (Å²) >= 11 is 3.28. The molecule has 0 aliphatic rings. The zero-order valence-corrected chi connectivity index (χ0v) is 14.9. The minimum absolute atomic E-state index is 0.198. The molecular formula is C17H15BrN4O3. The molecule has 0 atom stereocenters. The molecule has 7 nitrogen and oxygen atoms in total. The Kier molecular flexibility index (Phi) is 4.71. The Morgan fingerprint density at radius 1 is 1.00 bits per heavy atom. The van der Waals surface area contributed by atoms with Gasteiger partial charge in [-0.15, -0.1) is 0 Å². The van der Waals surface area contributed by atoms with Crippen molar-refractivity contribution in [2.24, 2.45) is 7.05 Å². The Bertz CT molecular complexity index is 1020. The van der Waals surface area contributed by atoms with E-state index < -0.39 is 11.8 Å². The second-order valence-electron chi connectivity index (χ2n) is 5.40. The minimum Gasteiger partial charge on any atom is -0.295 e. The number of nitrogens with zero attached hydrogens (tertiary/aromatic N) is 2. The second-order valence-corrected chi connectivity index (χ2v) is 6.25. The largest absolute Gasteiger partial charge is 0.329 e. The highest BCUT2D eigenvalue weighted by atomic mass is 79.9. The number of carbonyl (C=O) groups excluding carboxylic acids is 2.